The number of hydrogen-bond acceptors (Lipinski definition) is 2. The molecule has 0 fully saturated rings. The van der Waals surface area contributed by atoms with Crippen LogP contribution in [0.15, 0.2) is 41.8 Å². The van der Waals surface area contributed by atoms with Gasteiger partial charge in [0.25, 0.3) is 0 Å². The van der Waals surface area contributed by atoms with Crippen molar-refractivity contribution in [2.45, 2.75) is 25.8 Å². The smallest absolute Gasteiger partial charge is 0.00845 e. The Kier molecular flexibility index (Phi) is 5.69. The molecule has 1 nitrogen and oxygen atoms in total. The molecule has 1 atom stereocenters. The molecule has 0 aliphatic heterocycles. The molecule has 2 aromatic rings. The highest BCUT2D eigenvalue weighted by molar-refractivity contribution is 7.10. The van der Waals surface area contributed by atoms with E-state index in [1.165, 1.54) is 16.0 Å². The van der Waals surface area contributed by atoms with Crippen LogP contribution >= 0.6 is 23.7 Å². The van der Waals surface area contributed by atoms with Crippen molar-refractivity contribution in [1.29, 1.82) is 0 Å². The number of benzene rings is 1. The molecule has 0 aliphatic carbocycles. The van der Waals surface area contributed by atoms with E-state index in [4.69, 9.17) is 5.73 Å². The van der Waals surface area contributed by atoms with Gasteiger partial charge in [0.15, 0.2) is 0 Å². The zero-order valence-corrected chi connectivity index (χ0v) is 11.6. The first-order valence-corrected chi connectivity index (χ1v) is 6.56. The van der Waals surface area contributed by atoms with Gasteiger partial charge in [-0.1, -0.05) is 37.3 Å². The molecular formula is C14H18ClNS. The van der Waals surface area contributed by atoms with Crippen LogP contribution in [0.1, 0.15) is 18.2 Å². The van der Waals surface area contributed by atoms with E-state index in [1.807, 2.05) is 17.4 Å². The standard InChI is InChI=1S/C14H17NS.ClH/c1-2-13(15)9-14-8-12(10-16-14)11-6-4-3-5-7-11;/h3-8,10,13H,2,9,15H2,1H3;1H. The van der Waals surface area contributed by atoms with E-state index in [-0.39, 0.29) is 12.4 Å². The SMILES string of the molecule is CCC(N)Cc1cc(-c2ccccc2)cs1.Cl. The van der Waals surface area contributed by atoms with Gasteiger partial charge in [-0.05, 0) is 35.4 Å². The second-order valence-electron chi connectivity index (χ2n) is 4.04. The van der Waals surface area contributed by atoms with E-state index >= 15 is 0 Å². The van der Waals surface area contributed by atoms with Crippen molar-refractivity contribution in [1.82, 2.24) is 0 Å². The van der Waals surface area contributed by atoms with E-state index in [9.17, 15) is 0 Å². The Bertz CT molecular complexity index is 438. The van der Waals surface area contributed by atoms with Crippen molar-refractivity contribution in [3.05, 3.63) is 46.7 Å². The van der Waals surface area contributed by atoms with Crippen LogP contribution in [0.5, 0.6) is 0 Å². The summed E-state index contributed by atoms with van der Waals surface area (Å²) in [6.45, 7) is 2.14. The summed E-state index contributed by atoms with van der Waals surface area (Å²) >= 11 is 1.81. The lowest BCUT2D eigenvalue weighted by molar-refractivity contribution is 0.652. The first-order chi connectivity index (χ1) is 7.79. The first-order valence-electron chi connectivity index (χ1n) is 5.68. The largest absolute Gasteiger partial charge is 0.327 e. The molecule has 1 aromatic carbocycles. The Morgan fingerprint density at radius 1 is 1.18 bits per heavy atom. The molecule has 0 spiro atoms. The van der Waals surface area contributed by atoms with Gasteiger partial charge < -0.3 is 5.73 Å². The molecule has 2 rings (SSSR count). The summed E-state index contributed by atoms with van der Waals surface area (Å²) in [5, 5.41) is 2.22. The predicted octanol–water partition coefficient (Wildman–Crippen LogP) is 4.12. The molecule has 0 saturated heterocycles. The van der Waals surface area contributed by atoms with Gasteiger partial charge in [0.1, 0.15) is 0 Å². The van der Waals surface area contributed by atoms with Gasteiger partial charge in [-0.3, -0.25) is 0 Å². The molecule has 3 heteroatoms. The lowest BCUT2D eigenvalue weighted by Crippen LogP contribution is -2.20. The van der Waals surface area contributed by atoms with Crippen molar-refractivity contribution in [3.63, 3.8) is 0 Å². The molecule has 17 heavy (non-hydrogen) atoms. The van der Waals surface area contributed by atoms with E-state index in [2.05, 4.69) is 42.6 Å². The van der Waals surface area contributed by atoms with Crippen LogP contribution in [-0.2, 0) is 6.42 Å². The summed E-state index contributed by atoms with van der Waals surface area (Å²) in [6, 6.07) is 13.0. The van der Waals surface area contributed by atoms with Crippen molar-refractivity contribution < 1.29 is 0 Å². The van der Waals surface area contributed by atoms with Crippen LogP contribution in [0, 0.1) is 0 Å². The van der Waals surface area contributed by atoms with Crippen molar-refractivity contribution >= 4 is 23.7 Å². The summed E-state index contributed by atoms with van der Waals surface area (Å²) in [4.78, 5) is 1.38. The van der Waals surface area contributed by atoms with Crippen LogP contribution < -0.4 is 5.73 Å². The van der Waals surface area contributed by atoms with Gasteiger partial charge in [0, 0.05) is 10.9 Å². The van der Waals surface area contributed by atoms with Crippen molar-refractivity contribution in [3.8, 4) is 11.1 Å². The van der Waals surface area contributed by atoms with Crippen LogP contribution in [0.3, 0.4) is 0 Å². The highest BCUT2D eigenvalue weighted by atomic mass is 35.5. The Labute approximate surface area is 113 Å². The predicted molar refractivity (Wildman–Crippen MR) is 79.0 cm³/mol. The number of halogens is 1. The number of thiophene rings is 1. The highest BCUT2D eigenvalue weighted by Gasteiger charge is 2.05. The molecule has 92 valence electrons. The third-order valence-corrected chi connectivity index (χ3v) is 3.71. The molecule has 1 aromatic heterocycles. The van der Waals surface area contributed by atoms with Crippen LogP contribution in [0.4, 0.5) is 0 Å². The lowest BCUT2D eigenvalue weighted by Gasteiger charge is -2.05. The molecule has 0 radical (unpaired) electrons. The number of rotatable bonds is 4. The monoisotopic (exact) mass is 267 g/mol. The van der Waals surface area contributed by atoms with Gasteiger partial charge in [-0.2, -0.15) is 0 Å². The minimum absolute atomic E-state index is 0. The molecule has 1 unspecified atom stereocenters. The van der Waals surface area contributed by atoms with E-state index in [1.54, 1.807) is 0 Å². The van der Waals surface area contributed by atoms with Gasteiger partial charge in [-0.15, -0.1) is 23.7 Å². The summed E-state index contributed by atoms with van der Waals surface area (Å²) in [6.07, 6.45) is 2.03. The van der Waals surface area contributed by atoms with Gasteiger partial charge >= 0.3 is 0 Å². The molecule has 0 saturated carbocycles. The fourth-order valence-corrected chi connectivity index (χ4v) is 2.66. The summed E-state index contributed by atoms with van der Waals surface area (Å²) in [5.41, 5.74) is 8.56. The summed E-state index contributed by atoms with van der Waals surface area (Å²) in [7, 11) is 0. The molecule has 0 bridgehead atoms. The highest BCUT2D eigenvalue weighted by Crippen LogP contribution is 2.26. The van der Waals surface area contributed by atoms with Crippen LogP contribution in [-0.4, -0.2) is 6.04 Å². The lowest BCUT2D eigenvalue weighted by atomic mass is 10.1. The van der Waals surface area contributed by atoms with Crippen molar-refractivity contribution in [2.75, 3.05) is 0 Å². The van der Waals surface area contributed by atoms with Gasteiger partial charge in [0.2, 0.25) is 0 Å². The Morgan fingerprint density at radius 2 is 1.88 bits per heavy atom. The second kappa shape index (κ2) is 6.80. The zero-order valence-electron chi connectivity index (χ0n) is 9.93. The van der Waals surface area contributed by atoms with Gasteiger partial charge in [-0.25, -0.2) is 0 Å². The Morgan fingerprint density at radius 3 is 2.53 bits per heavy atom. The quantitative estimate of drug-likeness (QED) is 0.886. The topological polar surface area (TPSA) is 26.0 Å². The van der Waals surface area contributed by atoms with E-state index in [0.717, 1.165) is 12.8 Å². The molecule has 1 heterocycles. The Hall–Kier alpha value is -0.830. The summed E-state index contributed by atoms with van der Waals surface area (Å²) < 4.78 is 0. The first kappa shape index (κ1) is 14.2. The summed E-state index contributed by atoms with van der Waals surface area (Å²) in [5.74, 6) is 0. The fraction of sp³-hybridized carbons (Fsp3) is 0.286. The molecule has 2 N–H and O–H groups in total. The van der Waals surface area contributed by atoms with Crippen molar-refractivity contribution in [2.24, 2.45) is 5.73 Å². The third-order valence-electron chi connectivity index (χ3n) is 2.75. The number of hydrogen-bond donors (Lipinski definition) is 1. The number of nitrogens with two attached hydrogens (primary N) is 1. The third kappa shape index (κ3) is 3.84. The minimum atomic E-state index is 0. The minimum Gasteiger partial charge on any atom is -0.327 e. The average Bonchev–Trinajstić information content (AvgIpc) is 2.78. The van der Waals surface area contributed by atoms with E-state index < -0.39 is 0 Å². The molecule has 0 amide bonds. The zero-order chi connectivity index (χ0) is 11.4. The van der Waals surface area contributed by atoms with Gasteiger partial charge in [0.05, 0.1) is 0 Å². The fourth-order valence-electron chi connectivity index (χ4n) is 1.67. The molecular weight excluding hydrogens is 250 g/mol. The average molecular weight is 268 g/mol. The molecule has 0 aliphatic rings. The van der Waals surface area contributed by atoms with Crippen LogP contribution in [0.25, 0.3) is 11.1 Å². The maximum absolute atomic E-state index is 5.96. The Balaban J connectivity index is 0.00000144. The normalized spacial score (nSPS) is 11.9. The van der Waals surface area contributed by atoms with E-state index in [0.29, 0.717) is 6.04 Å². The second-order valence-corrected chi connectivity index (χ2v) is 5.04. The van der Waals surface area contributed by atoms with Crippen LogP contribution in [0.2, 0.25) is 0 Å². The maximum atomic E-state index is 5.96. The maximum Gasteiger partial charge on any atom is 0.00845 e.